The van der Waals surface area contributed by atoms with Gasteiger partial charge in [0.25, 0.3) is 0 Å². The molecule has 2 fully saturated rings. The summed E-state index contributed by atoms with van der Waals surface area (Å²) >= 11 is 1.41. The van der Waals surface area contributed by atoms with E-state index in [0.29, 0.717) is 5.75 Å². The minimum Gasteiger partial charge on any atom is -0.481 e. The van der Waals surface area contributed by atoms with Gasteiger partial charge in [0.2, 0.25) is 5.91 Å². The van der Waals surface area contributed by atoms with Crippen LogP contribution in [0.3, 0.4) is 0 Å². The van der Waals surface area contributed by atoms with Gasteiger partial charge in [0.1, 0.15) is 17.8 Å². The summed E-state index contributed by atoms with van der Waals surface area (Å²) in [6.45, 7) is 4.94. The van der Waals surface area contributed by atoms with Gasteiger partial charge in [-0.15, -0.1) is 0 Å². The number of thioether (sulfide) groups is 1. The molecule has 2 amide bonds. The molecule has 2 rings (SSSR count). The molecule has 0 unspecified atom stereocenters. The van der Waals surface area contributed by atoms with Gasteiger partial charge in [-0.3, -0.25) is 9.59 Å². The molecule has 29 heavy (non-hydrogen) atoms. The number of nitrogens with one attached hydrogen (secondary N) is 2. The van der Waals surface area contributed by atoms with E-state index in [4.69, 9.17) is 4.74 Å². The lowest BCUT2D eigenvalue weighted by molar-refractivity contribution is -0.153. The number of carboxylic acid groups (broad SMARTS) is 2. The summed E-state index contributed by atoms with van der Waals surface area (Å²) in [5, 5.41) is 23.6. The number of alkyl carbamates (subject to hydrolysis) is 1. The monoisotopic (exact) mass is 434 g/mol. The number of aliphatic carboxylic acids is 2. The Kier molecular flexibility index (Phi) is 6.71. The highest BCUT2D eigenvalue weighted by Gasteiger charge is 2.76. The summed E-state index contributed by atoms with van der Waals surface area (Å²) < 4.78 is 19.8. The summed E-state index contributed by atoms with van der Waals surface area (Å²) in [6, 6.07) is -1.15. The second-order valence-electron chi connectivity index (χ2n) is 8.40. The van der Waals surface area contributed by atoms with Crippen LogP contribution in [0.25, 0.3) is 0 Å². The molecule has 0 aromatic heterocycles. The van der Waals surface area contributed by atoms with Crippen LogP contribution in [0, 0.1) is 17.8 Å². The zero-order valence-corrected chi connectivity index (χ0v) is 17.5. The number of carboxylic acids is 2. The minimum atomic E-state index is -2.32. The smallest absolute Gasteiger partial charge is 0.408 e. The fraction of sp³-hybridized carbons (Fsp3) is 0.778. The summed E-state index contributed by atoms with van der Waals surface area (Å²) in [5.41, 5.74) is -3.13. The molecule has 0 radical (unpaired) electrons. The first-order valence-electron chi connectivity index (χ1n) is 9.26. The molecule has 4 N–H and O–H groups in total. The number of hydrogen-bond donors (Lipinski definition) is 4. The molecule has 11 heteroatoms. The molecule has 0 bridgehead atoms. The van der Waals surface area contributed by atoms with Crippen molar-refractivity contribution in [1.29, 1.82) is 0 Å². The van der Waals surface area contributed by atoms with E-state index in [-0.39, 0.29) is 12.8 Å². The Balaban J connectivity index is 2.20. The van der Waals surface area contributed by atoms with Crippen molar-refractivity contribution in [2.75, 3.05) is 12.0 Å². The number of halogens is 1. The minimum absolute atomic E-state index is 0.162. The summed E-state index contributed by atoms with van der Waals surface area (Å²) in [4.78, 5) is 48.2. The van der Waals surface area contributed by atoms with Crippen molar-refractivity contribution >= 4 is 35.7 Å². The summed E-state index contributed by atoms with van der Waals surface area (Å²) in [7, 11) is 0. The zero-order chi connectivity index (χ0) is 22.1. The lowest BCUT2D eigenvalue weighted by atomic mass is 9.88. The fourth-order valence-corrected chi connectivity index (χ4v) is 4.47. The molecule has 2 aliphatic rings. The van der Waals surface area contributed by atoms with Crippen LogP contribution in [0.5, 0.6) is 0 Å². The fourth-order valence-electron chi connectivity index (χ4n) is 4.00. The summed E-state index contributed by atoms with van der Waals surface area (Å²) in [6.07, 6.45) is -1.07. The molecule has 2 aliphatic carbocycles. The first kappa shape index (κ1) is 23.2. The van der Waals surface area contributed by atoms with Gasteiger partial charge in [0.15, 0.2) is 5.54 Å². The van der Waals surface area contributed by atoms with Crippen LogP contribution in [0.1, 0.15) is 33.6 Å². The number of carbonyl (C=O) groups is 4. The number of rotatable bonds is 8. The highest BCUT2D eigenvalue weighted by molar-refractivity contribution is 7.98. The standard InChI is InChI=1S/C18H27FN2O7S/c1-17(2,3)28-16(27)20-9(5-6-29-4)13(22)21-18(15(25)26)10(19)7-8-11(12(8)18)14(23)24/h8-12H,5-7H2,1-4H3,(H,20,27)(H,21,22)(H,23,24)(H,25,26)/t8-,9-,10-,11-,12-,18-/m0/s1. The number of amides is 2. The van der Waals surface area contributed by atoms with Crippen molar-refractivity contribution in [3.8, 4) is 0 Å². The number of hydrogen-bond acceptors (Lipinski definition) is 6. The average molecular weight is 434 g/mol. The highest BCUT2D eigenvalue weighted by atomic mass is 32.2. The first-order chi connectivity index (χ1) is 13.3. The lowest BCUT2D eigenvalue weighted by Crippen LogP contribution is -2.64. The molecule has 0 spiro atoms. The van der Waals surface area contributed by atoms with E-state index >= 15 is 0 Å². The van der Waals surface area contributed by atoms with Crippen molar-refractivity contribution in [2.24, 2.45) is 17.8 Å². The molecule has 2 saturated carbocycles. The topological polar surface area (TPSA) is 142 Å². The van der Waals surface area contributed by atoms with Crippen LogP contribution in [0.4, 0.5) is 9.18 Å². The third-order valence-electron chi connectivity index (χ3n) is 5.25. The van der Waals surface area contributed by atoms with Crippen LogP contribution in [-0.4, -0.2) is 69.5 Å². The normalized spacial score (nSPS) is 31.3. The summed E-state index contributed by atoms with van der Waals surface area (Å²) in [5.74, 6) is -5.92. The number of carbonyl (C=O) groups excluding carboxylic acids is 2. The van der Waals surface area contributed by atoms with Gasteiger partial charge in [-0.05, 0) is 51.5 Å². The third-order valence-corrected chi connectivity index (χ3v) is 5.90. The Bertz CT molecular complexity index is 698. The SMILES string of the molecule is CSCC[C@H](NC(=O)OC(C)(C)C)C(=O)N[C@]1(C(=O)O)[C@H]2[C@@H](C[C@@H]1F)[C@@H]2C(=O)O. The molecule has 0 aromatic rings. The first-order valence-corrected chi connectivity index (χ1v) is 10.6. The molecule has 9 nitrogen and oxygen atoms in total. The van der Waals surface area contributed by atoms with E-state index in [0.717, 1.165) is 0 Å². The van der Waals surface area contributed by atoms with Gasteiger partial charge in [-0.2, -0.15) is 11.8 Å². The van der Waals surface area contributed by atoms with E-state index in [1.54, 1.807) is 27.0 Å². The van der Waals surface area contributed by atoms with Crippen molar-refractivity contribution in [3.63, 3.8) is 0 Å². The van der Waals surface area contributed by atoms with Crippen molar-refractivity contribution in [2.45, 2.75) is 57.0 Å². The van der Waals surface area contributed by atoms with E-state index < -0.39 is 65.0 Å². The quantitative estimate of drug-likeness (QED) is 0.447. The van der Waals surface area contributed by atoms with Crippen LogP contribution >= 0.6 is 11.8 Å². The molecular formula is C18H27FN2O7S. The van der Waals surface area contributed by atoms with E-state index in [9.17, 15) is 33.8 Å². The van der Waals surface area contributed by atoms with Gasteiger partial charge in [0, 0.05) is 5.92 Å². The van der Waals surface area contributed by atoms with Crippen molar-refractivity contribution in [1.82, 2.24) is 10.6 Å². The Morgan fingerprint density at radius 3 is 2.38 bits per heavy atom. The Labute approximate surface area is 172 Å². The molecule has 0 aliphatic heterocycles. The predicted octanol–water partition coefficient (Wildman–Crippen LogP) is 1.26. The number of ether oxygens (including phenoxy) is 1. The van der Waals surface area contributed by atoms with Crippen LogP contribution in [-0.2, 0) is 19.1 Å². The van der Waals surface area contributed by atoms with Crippen molar-refractivity contribution < 1.29 is 38.5 Å². The van der Waals surface area contributed by atoms with Gasteiger partial charge >= 0.3 is 18.0 Å². The second kappa shape index (κ2) is 8.37. The van der Waals surface area contributed by atoms with Gasteiger partial charge in [-0.1, -0.05) is 0 Å². The Morgan fingerprint density at radius 1 is 1.28 bits per heavy atom. The van der Waals surface area contributed by atoms with E-state index in [1.807, 2.05) is 0 Å². The maximum atomic E-state index is 14.7. The van der Waals surface area contributed by atoms with E-state index in [2.05, 4.69) is 10.6 Å². The molecule has 0 heterocycles. The Morgan fingerprint density at radius 2 is 1.90 bits per heavy atom. The number of alkyl halides is 1. The lowest BCUT2D eigenvalue weighted by Gasteiger charge is -2.33. The average Bonchev–Trinajstić information content (AvgIpc) is 3.20. The molecule has 6 atom stereocenters. The van der Waals surface area contributed by atoms with Gasteiger partial charge in [-0.25, -0.2) is 14.0 Å². The van der Waals surface area contributed by atoms with E-state index in [1.165, 1.54) is 11.8 Å². The maximum Gasteiger partial charge on any atom is 0.408 e. The molecule has 0 aromatic carbocycles. The Hall–Kier alpha value is -2.04. The van der Waals surface area contributed by atoms with Crippen molar-refractivity contribution in [3.05, 3.63) is 0 Å². The third kappa shape index (κ3) is 4.76. The van der Waals surface area contributed by atoms with Crippen LogP contribution < -0.4 is 10.6 Å². The highest BCUT2D eigenvalue weighted by Crippen LogP contribution is 2.63. The second-order valence-corrected chi connectivity index (χ2v) is 9.39. The van der Waals surface area contributed by atoms with Crippen LogP contribution in [0.2, 0.25) is 0 Å². The van der Waals surface area contributed by atoms with Gasteiger partial charge < -0.3 is 25.6 Å². The van der Waals surface area contributed by atoms with Crippen LogP contribution in [0.15, 0.2) is 0 Å². The predicted molar refractivity (Wildman–Crippen MR) is 102 cm³/mol. The maximum absolute atomic E-state index is 14.7. The number of fused-ring (bicyclic) bond motifs is 1. The molecule has 164 valence electrons. The zero-order valence-electron chi connectivity index (χ0n) is 16.7. The molecular weight excluding hydrogens is 407 g/mol. The van der Waals surface area contributed by atoms with Gasteiger partial charge in [0.05, 0.1) is 5.92 Å². The largest absolute Gasteiger partial charge is 0.481 e. The molecule has 0 saturated heterocycles.